The minimum Gasteiger partial charge on any atom is -0.385 e. The molecule has 0 bridgehead atoms. The Labute approximate surface area is 150 Å². The number of hydrogen-bond donors (Lipinski definition) is 1. The van der Waals surface area contributed by atoms with Gasteiger partial charge in [0.05, 0.1) is 22.3 Å². The fourth-order valence-electron chi connectivity index (χ4n) is 2.71. The Hall–Kier alpha value is -2.80. The zero-order valence-corrected chi connectivity index (χ0v) is 14.9. The Kier molecular flexibility index (Phi) is 5.27. The molecule has 26 heavy (non-hydrogen) atoms. The molecule has 7 heteroatoms. The van der Waals surface area contributed by atoms with Crippen LogP contribution in [0.5, 0.6) is 0 Å². The van der Waals surface area contributed by atoms with Crippen molar-refractivity contribution in [3.63, 3.8) is 0 Å². The summed E-state index contributed by atoms with van der Waals surface area (Å²) in [5, 5.41) is 7.45. The molecular formula is C19H20FN3O3. The van der Waals surface area contributed by atoms with Gasteiger partial charge in [-0.15, -0.1) is 0 Å². The third-order valence-corrected chi connectivity index (χ3v) is 4.13. The molecule has 1 amide bonds. The van der Waals surface area contributed by atoms with Crippen LogP contribution in [0.15, 0.2) is 34.9 Å². The van der Waals surface area contributed by atoms with Gasteiger partial charge in [-0.25, -0.2) is 9.37 Å². The molecule has 1 N–H and O–H groups in total. The Balaban J connectivity index is 2.01. The summed E-state index contributed by atoms with van der Waals surface area (Å²) in [6.45, 7) is 4.23. The second kappa shape index (κ2) is 7.61. The maximum Gasteiger partial charge on any atom is 0.259 e. The fraction of sp³-hybridized carbons (Fsp3) is 0.316. The predicted molar refractivity (Wildman–Crippen MR) is 95.4 cm³/mol. The van der Waals surface area contributed by atoms with Crippen molar-refractivity contribution < 1.29 is 18.4 Å². The quantitative estimate of drug-likeness (QED) is 0.731. The fourth-order valence-corrected chi connectivity index (χ4v) is 2.71. The number of nitrogens with one attached hydrogen (secondary N) is 1. The Morgan fingerprint density at radius 3 is 2.77 bits per heavy atom. The number of rotatable bonds is 6. The van der Waals surface area contributed by atoms with Crippen LogP contribution in [0.25, 0.3) is 22.4 Å². The molecule has 1 aromatic carbocycles. The molecule has 1 atom stereocenters. The minimum absolute atomic E-state index is 0.0555. The van der Waals surface area contributed by atoms with Crippen LogP contribution in [-0.4, -0.2) is 35.8 Å². The third-order valence-electron chi connectivity index (χ3n) is 4.13. The van der Waals surface area contributed by atoms with E-state index in [1.54, 1.807) is 32.2 Å². The molecule has 0 aliphatic rings. The average molecular weight is 357 g/mol. The number of amides is 1. The van der Waals surface area contributed by atoms with E-state index in [2.05, 4.69) is 15.5 Å². The predicted octanol–water partition coefficient (Wildman–Crippen LogP) is 3.49. The number of hydrogen-bond acceptors (Lipinski definition) is 5. The molecule has 0 aliphatic carbocycles. The van der Waals surface area contributed by atoms with E-state index in [9.17, 15) is 9.18 Å². The normalized spacial score (nSPS) is 12.3. The van der Waals surface area contributed by atoms with Crippen LogP contribution in [-0.2, 0) is 4.74 Å². The largest absolute Gasteiger partial charge is 0.385 e. The summed E-state index contributed by atoms with van der Waals surface area (Å²) < 4.78 is 23.5. The molecular weight excluding hydrogens is 337 g/mol. The lowest BCUT2D eigenvalue weighted by Gasteiger charge is -2.14. The summed E-state index contributed by atoms with van der Waals surface area (Å²) in [6.07, 6.45) is 0.698. The highest BCUT2D eigenvalue weighted by atomic mass is 19.1. The van der Waals surface area contributed by atoms with Crippen molar-refractivity contribution in [3.05, 3.63) is 47.4 Å². The van der Waals surface area contributed by atoms with E-state index in [-0.39, 0.29) is 23.5 Å². The van der Waals surface area contributed by atoms with Gasteiger partial charge in [0.15, 0.2) is 0 Å². The molecule has 0 saturated heterocycles. The Morgan fingerprint density at radius 2 is 2.08 bits per heavy atom. The third kappa shape index (κ3) is 3.72. The van der Waals surface area contributed by atoms with Crippen LogP contribution < -0.4 is 5.32 Å². The van der Waals surface area contributed by atoms with E-state index in [4.69, 9.17) is 9.26 Å². The number of benzene rings is 1. The molecule has 6 nitrogen and oxygen atoms in total. The van der Waals surface area contributed by atoms with Gasteiger partial charge in [0.2, 0.25) is 0 Å². The number of carbonyl (C=O) groups is 1. The van der Waals surface area contributed by atoms with Crippen LogP contribution in [0.1, 0.15) is 29.4 Å². The first-order valence-corrected chi connectivity index (χ1v) is 8.32. The van der Waals surface area contributed by atoms with Crippen LogP contribution in [0.3, 0.4) is 0 Å². The van der Waals surface area contributed by atoms with Crippen molar-refractivity contribution in [2.75, 3.05) is 13.7 Å². The van der Waals surface area contributed by atoms with Crippen molar-refractivity contribution in [1.82, 2.24) is 15.5 Å². The summed E-state index contributed by atoms with van der Waals surface area (Å²) in [5.74, 6) is -0.578. The van der Waals surface area contributed by atoms with E-state index in [0.717, 1.165) is 0 Å². The molecule has 136 valence electrons. The number of halogens is 1. The first kappa shape index (κ1) is 18.0. The molecule has 3 aromatic rings. The first-order chi connectivity index (χ1) is 12.5. The van der Waals surface area contributed by atoms with Gasteiger partial charge in [-0.2, -0.15) is 0 Å². The lowest BCUT2D eigenvalue weighted by molar-refractivity contribution is 0.0931. The lowest BCUT2D eigenvalue weighted by Crippen LogP contribution is -2.33. The maximum absolute atomic E-state index is 13.2. The molecule has 0 aliphatic heterocycles. The van der Waals surface area contributed by atoms with Gasteiger partial charge in [-0.3, -0.25) is 4.79 Å². The topological polar surface area (TPSA) is 77.2 Å². The van der Waals surface area contributed by atoms with Gasteiger partial charge in [-0.05, 0) is 50.6 Å². The standard InChI is InChI=1S/C19H20FN3O3/c1-11(8-9-25-3)21-18(24)15-10-16(13-4-6-14(20)7-5-13)22-19-17(15)12(2)23-26-19/h4-7,10-11H,8-9H2,1-3H3,(H,21,24). The maximum atomic E-state index is 13.2. The minimum atomic E-state index is -0.338. The van der Waals surface area contributed by atoms with Crippen molar-refractivity contribution in [1.29, 1.82) is 0 Å². The zero-order valence-electron chi connectivity index (χ0n) is 14.9. The van der Waals surface area contributed by atoms with E-state index < -0.39 is 0 Å². The molecule has 0 fully saturated rings. The van der Waals surface area contributed by atoms with Crippen molar-refractivity contribution >= 4 is 17.0 Å². The number of ether oxygens (including phenoxy) is 1. The second-order valence-corrected chi connectivity index (χ2v) is 6.17. The zero-order chi connectivity index (χ0) is 18.7. The van der Waals surface area contributed by atoms with E-state index in [0.29, 0.717) is 40.9 Å². The number of methoxy groups -OCH3 is 1. The first-order valence-electron chi connectivity index (χ1n) is 8.32. The van der Waals surface area contributed by atoms with Crippen LogP contribution in [0.2, 0.25) is 0 Å². The number of aryl methyl sites for hydroxylation is 1. The van der Waals surface area contributed by atoms with Gasteiger partial charge >= 0.3 is 0 Å². The van der Waals surface area contributed by atoms with Crippen molar-refractivity contribution in [3.8, 4) is 11.3 Å². The summed E-state index contributed by atoms with van der Waals surface area (Å²) in [4.78, 5) is 17.2. The molecule has 1 unspecified atom stereocenters. The van der Waals surface area contributed by atoms with Gasteiger partial charge in [0.25, 0.3) is 11.6 Å². The number of aromatic nitrogens is 2. The Morgan fingerprint density at radius 1 is 1.35 bits per heavy atom. The summed E-state index contributed by atoms with van der Waals surface area (Å²) in [6, 6.07) is 7.53. The van der Waals surface area contributed by atoms with Gasteiger partial charge in [-0.1, -0.05) is 5.16 Å². The Bertz CT molecular complexity index is 922. The smallest absolute Gasteiger partial charge is 0.259 e. The summed E-state index contributed by atoms with van der Waals surface area (Å²) in [5.41, 5.74) is 2.50. The van der Waals surface area contributed by atoms with E-state index in [1.807, 2.05) is 6.92 Å². The highest BCUT2D eigenvalue weighted by Crippen LogP contribution is 2.27. The average Bonchev–Trinajstić information content (AvgIpc) is 3.01. The number of fused-ring (bicyclic) bond motifs is 1. The molecule has 0 saturated carbocycles. The molecule has 0 radical (unpaired) electrons. The summed E-state index contributed by atoms with van der Waals surface area (Å²) >= 11 is 0. The van der Waals surface area contributed by atoms with Crippen LogP contribution in [0, 0.1) is 12.7 Å². The number of nitrogens with zero attached hydrogens (tertiary/aromatic N) is 2. The number of carbonyl (C=O) groups excluding carboxylic acids is 1. The van der Waals surface area contributed by atoms with E-state index >= 15 is 0 Å². The van der Waals surface area contributed by atoms with Gasteiger partial charge in [0.1, 0.15) is 5.82 Å². The summed E-state index contributed by atoms with van der Waals surface area (Å²) in [7, 11) is 1.62. The number of pyridine rings is 1. The van der Waals surface area contributed by atoms with Crippen molar-refractivity contribution in [2.24, 2.45) is 0 Å². The molecule has 3 rings (SSSR count). The second-order valence-electron chi connectivity index (χ2n) is 6.17. The SMILES string of the molecule is COCCC(C)NC(=O)c1cc(-c2ccc(F)cc2)nc2onc(C)c12. The molecule has 2 aromatic heterocycles. The monoisotopic (exact) mass is 357 g/mol. The van der Waals surface area contributed by atoms with Gasteiger partial charge in [0, 0.05) is 25.3 Å². The van der Waals surface area contributed by atoms with Crippen molar-refractivity contribution in [2.45, 2.75) is 26.3 Å². The van der Waals surface area contributed by atoms with Crippen LogP contribution >= 0.6 is 0 Å². The highest BCUT2D eigenvalue weighted by Gasteiger charge is 2.20. The molecule has 2 heterocycles. The van der Waals surface area contributed by atoms with E-state index in [1.165, 1.54) is 12.1 Å². The highest BCUT2D eigenvalue weighted by molar-refractivity contribution is 6.07. The molecule has 0 spiro atoms. The lowest BCUT2D eigenvalue weighted by atomic mass is 10.0. The van der Waals surface area contributed by atoms with Gasteiger partial charge < -0.3 is 14.6 Å². The van der Waals surface area contributed by atoms with Crippen LogP contribution in [0.4, 0.5) is 4.39 Å².